The van der Waals surface area contributed by atoms with Gasteiger partial charge in [-0.25, -0.2) is 23.4 Å². The van der Waals surface area contributed by atoms with Crippen LogP contribution < -0.4 is 4.90 Å². The molecule has 33 heavy (non-hydrogen) atoms. The molecule has 1 atom stereocenters. The number of rotatable bonds is 4. The Hall–Kier alpha value is -3.30. The van der Waals surface area contributed by atoms with E-state index in [9.17, 15) is 8.42 Å². The Kier molecular flexibility index (Phi) is 6.18. The van der Waals surface area contributed by atoms with Crippen LogP contribution in [-0.4, -0.2) is 60.4 Å². The molecule has 1 aliphatic heterocycles. The minimum atomic E-state index is -3.27. The summed E-state index contributed by atoms with van der Waals surface area (Å²) in [5.74, 6) is 1.41. The highest BCUT2D eigenvalue weighted by Gasteiger charge is 2.23. The van der Waals surface area contributed by atoms with Crippen LogP contribution in [-0.2, 0) is 14.6 Å². The zero-order valence-corrected chi connectivity index (χ0v) is 18.6. The van der Waals surface area contributed by atoms with Crippen molar-refractivity contribution in [2.75, 3.05) is 30.9 Å². The molecule has 0 amide bonds. The number of fused-ring (bicyclic) bond motifs is 1. The van der Waals surface area contributed by atoms with Gasteiger partial charge < -0.3 is 14.6 Å². The number of sulfone groups is 1. The van der Waals surface area contributed by atoms with Gasteiger partial charge in [-0.05, 0) is 31.2 Å². The summed E-state index contributed by atoms with van der Waals surface area (Å²) in [4.78, 5) is 19.8. The van der Waals surface area contributed by atoms with Gasteiger partial charge in [-0.2, -0.15) is 0 Å². The van der Waals surface area contributed by atoms with Crippen LogP contribution in [0.2, 0.25) is 0 Å². The Morgan fingerprint density at radius 3 is 2.64 bits per heavy atom. The summed E-state index contributed by atoms with van der Waals surface area (Å²) in [6.45, 7) is 4.12. The molecule has 172 valence electrons. The Labute approximate surface area is 193 Å². The topological polar surface area (TPSA) is 101 Å². The van der Waals surface area contributed by atoms with Gasteiger partial charge in [0.2, 0.25) is 0 Å². The Morgan fingerprint density at radius 2 is 1.91 bits per heavy atom. The van der Waals surface area contributed by atoms with E-state index in [2.05, 4.69) is 21.8 Å². The van der Waals surface area contributed by atoms with E-state index in [4.69, 9.17) is 14.7 Å². The van der Waals surface area contributed by atoms with E-state index in [1.807, 2.05) is 24.4 Å². The first-order valence-electron chi connectivity index (χ1n) is 10.4. The third-order valence-electron chi connectivity index (χ3n) is 5.65. The molecule has 1 fully saturated rings. The van der Waals surface area contributed by atoms with Crippen molar-refractivity contribution in [3.05, 3.63) is 54.9 Å². The van der Waals surface area contributed by atoms with Crippen molar-refractivity contribution in [3.63, 3.8) is 0 Å². The van der Waals surface area contributed by atoms with Crippen LogP contribution in [0.1, 0.15) is 14.4 Å². The zero-order valence-electron chi connectivity index (χ0n) is 17.8. The molecule has 0 aliphatic carbocycles. The normalized spacial score (nSPS) is 16.5. The van der Waals surface area contributed by atoms with Crippen LogP contribution in [0.4, 0.5) is 5.82 Å². The lowest BCUT2D eigenvalue weighted by atomic mass is 10.1. The van der Waals surface area contributed by atoms with Crippen molar-refractivity contribution in [1.82, 2.24) is 19.9 Å². The molecule has 1 N–H and O–H groups in total. The zero-order chi connectivity index (χ0) is 22.3. The van der Waals surface area contributed by atoms with Crippen molar-refractivity contribution in [1.29, 1.82) is 0 Å². The first kappa shape index (κ1) is 22.9. The Bertz CT molecular complexity index is 1380. The fourth-order valence-corrected chi connectivity index (χ4v) is 4.58. The van der Waals surface area contributed by atoms with Crippen molar-refractivity contribution < 1.29 is 13.2 Å². The first-order chi connectivity index (χ1) is 15.4. The number of ether oxygens (including phenoxy) is 1. The average molecular weight is 466 g/mol. The smallest absolute Gasteiger partial charge is 0.175 e. The van der Waals surface area contributed by atoms with Crippen LogP contribution in [0.3, 0.4) is 0 Å². The maximum atomic E-state index is 11.9. The number of aromatic amines is 1. The molecule has 0 saturated carbocycles. The molecule has 5 rings (SSSR count). The second-order valence-corrected chi connectivity index (χ2v) is 9.96. The molecule has 8 nitrogen and oxygen atoms in total. The van der Waals surface area contributed by atoms with Crippen molar-refractivity contribution in [2.24, 2.45) is 0 Å². The number of hydrogen-bond donors (Lipinski definition) is 1. The van der Waals surface area contributed by atoms with E-state index in [0.717, 1.165) is 40.2 Å². The summed E-state index contributed by atoms with van der Waals surface area (Å²) in [5.41, 5.74) is 3.20. The summed E-state index contributed by atoms with van der Waals surface area (Å²) < 4.78 is 29.3. The lowest BCUT2D eigenvalue weighted by molar-refractivity contribution is 0.0985. The summed E-state index contributed by atoms with van der Waals surface area (Å²) in [6.07, 6.45) is 4.79. The SMILES string of the molecule is C.C[C@@H]1COCCN1c1cc(-c2ccc(S(C)(=O)=O)cc2)nc(-c2ccnc3[nH]ccc23)n1. The van der Waals surface area contributed by atoms with Gasteiger partial charge in [-0.1, -0.05) is 19.6 Å². The van der Waals surface area contributed by atoms with E-state index < -0.39 is 9.84 Å². The van der Waals surface area contributed by atoms with Gasteiger partial charge in [0.15, 0.2) is 15.7 Å². The van der Waals surface area contributed by atoms with Crippen LogP contribution >= 0.6 is 0 Å². The number of anilines is 1. The van der Waals surface area contributed by atoms with Gasteiger partial charge in [0, 0.05) is 47.8 Å². The highest BCUT2D eigenvalue weighted by atomic mass is 32.2. The maximum Gasteiger partial charge on any atom is 0.175 e. The predicted molar refractivity (Wildman–Crippen MR) is 130 cm³/mol. The fourth-order valence-electron chi connectivity index (χ4n) is 3.95. The lowest BCUT2D eigenvalue weighted by Crippen LogP contribution is -2.44. The van der Waals surface area contributed by atoms with Gasteiger partial charge in [0.1, 0.15) is 11.5 Å². The highest BCUT2D eigenvalue weighted by Crippen LogP contribution is 2.31. The number of benzene rings is 1. The second kappa shape index (κ2) is 8.92. The van der Waals surface area contributed by atoms with Gasteiger partial charge in [-0.3, -0.25) is 0 Å². The largest absolute Gasteiger partial charge is 0.377 e. The molecule has 3 aromatic heterocycles. The van der Waals surface area contributed by atoms with Gasteiger partial charge in [-0.15, -0.1) is 0 Å². The first-order valence-corrected chi connectivity index (χ1v) is 12.3. The molecule has 1 aromatic carbocycles. The number of aromatic nitrogens is 4. The summed E-state index contributed by atoms with van der Waals surface area (Å²) in [7, 11) is -3.27. The van der Waals surface area contributed by atoms with Crippen molar-refractivity contribution >= 4 is 26.7 Å². The number of nitrogens with one attached hydrogen (secondary N) is 1. The minimum absolute atomic E-state index is 0. The Balaban J connectivity index is 0.00000259. The second-order valence-electron chi connectivity index (χ2n) is 7.95. The maximum absolute atomic E-state index is 11.9. The molecule has 9 heteroatoms. The number of nitrogens with zero attached hydrogens (tertiary/aromatic N) is 4. The van der Waals surface area contributed by atoms with E-state index in [-0.39, 0.29) is 18.4 Å². The average Bonchev–Trinajstić information content (AvgIpc) is 3.28. The monoisotopic (exact) mass is 465 g/mol. The minimum Gasteiger partial charge on any atom is -0.377 e. The van der Waals surface area contributed by atoms with Gasteiger partial charge in [0.05, 0.1) is 29.8 Å². The number of hydrogen-bond acceptors (Lipinski definition) is 7. The van der Waals surface area contributed by atoms with Crippen molar-refractivity contribution in [2.45, 2.75) is 25.3 Å². The van der Waals surface area contributed by atoms with E-state index >= 15 is 0 Å². The number of pyridine rings is 1. The molecule has 0 radical (unpaired) electrons. The lowest BCUT2D eigenvalue weighted by Gasteiger charge is -2.34. The number of morpholine rings is 1. The van der Waals surface area contributed by atoms with E-state index in [0.29, 0.717) is 19.0 Å². The molecule has 4 aromatic rings. The van der Waals surface area contributed by atoms with Crippen LogP contribution in [0.5, 0.6) is 0 Å². The van der Waals surface area contributed by atoms with Gasteiger partial charge >= 0.3 is 0 Å². The third kappa shape index (κ3) is 4.46. The molecule has 0 spiro atoms. The molecular weight excluding hydrogens is 438 g/mol. The van der Waals surface area contributed by atoms with Gasteiger partial charge in [0.25, 0.3) is 0 Å². The predicted octanol–water partition coefficient (Wildman–Crippen LogP) is 3.95. The third-order valence-corrected chi connectivity index (χ3v) is 6.78. The summed E-state index contributed by atoms with van der Waals surface area (Å²) in [5, 5.41) is 0.943. The van der Waals surface area contributed by atoms with E-state index in [1.54, 1.807) is 30.5 Å². The van der Waals surface area contributed by atoms with Crippen LogP contribution in [0, 0.1) is 0 Å². The number of H-pyrrole nitrogens is 1. The highest BCUT2D eigenvalue weighted by molar-refractivity contribution is 7.90. The molecule has 1 aliphatic rings. The quantitative estimate of drug-likeness (QED) is 0.487. The fraction of sp³-hybridized carbons (Fsp3) is 0.292. The molecule has 4 heterocycles. The van der Waals surface area contributed by atoms with Crippen molar-refractivity contribution in [3.8, 4) is 22.6 Å². The summed E-state index contributed by atoms with van der Waals surface area (Å²) >= 11 is 0. The van der Waals surface area contributed by atoms with Crippen LogP contribution in [0.15, 0.2) is 59.8 Å². The standard InChI is InChI=1S/C23H23N5O3S.CH4/c1-15-14-31-12-11-28(15)21-13-20(16-3-5-17(6-4-16)32(2,29)30)26-23(27-21)19-8-10-25-22-18(19)7-9-24-22;/h3-10,13,15H,11-12,14H2,1-2H3,(H,24,25);1H4/t15-;/m1./s1. The Morgan fingerprint density at radius 1 is 1.12 bits per heavy atom. The summed E-state index contributed by atoms with van der Waals surface area (Å²) in [6, 6.07) is 12.8. The van der Waals surface area contributed by atoms with Crippen LogP contribution in [0.25, 0.3) is 33.7 Å². The van der Waals surface area contributed by atoms with E-state index in [1.165, 1.54) is 6.26 Å². The molecule has 1 saturated heterocycles. The molecular formula is C24H27N5O3S. The molecule has 0 bridgehead atoms. The molecule has 0 unspecified atom stereocenters.